The predicted molar refractivity (Wildman–Crippen MR) is 100 cm³/mol. The predicted octanol–water partition coefficient (Wildman–Crippen LogP) is 3.26. The molecule has 0 fully saturated rings. The van der Waals surface area contributed by atoms with Gasteiger partial charge in [0.1, 0.15) is 10.5 Å². The van der Waals surface area contributed by atoms with Gasteiger partial charge in [0, 0.05) is 24.5 Å². The van der Waals surface area contributed by atoms with Crippen molar-refractivity contribution >= 4 is 27.5 Å². The zero-order chi connectivity index (χ0) is 18.3. The molecule has 6 nitrogen and oxygen atoms in total. The van der Waals surface area contributed by atoms with E-state index in [0.717, 1.165) is 11.4 Å². The molecule has 25 heavy (non-hydrogen) atoms. The molecule has 7 heteroatoms. The molecule has 3 aromatic rings. The van der Waals surface area contributed by atoms with Gasteiger partial charge in [-0.1, -0.05) is 0 Å². The molecule has 0 aliphatic carbocycles. The van der Waals surface area contributed by atoms with Gasteiger partial charge in [0.25, 0.3) is 11.5 Å². The molecule has 0 spiro atoms. The second-order valence-corrected chi connectivity index (χ2v) is 7.47. The van der Waals surface area contributed by atoms with Crippen molar-refractivity contribution in [2.75, 3.05) is 7.05 Å². The fourth-order valence-electron chi connectivity index (χ4n) is 3.29. The number of rotatable bonds is 4. The summed E-state index contributed by atoms with van der Waals surface area (Å²) < 4.78 is 2.76. The summed E-state index contributed by atoms with van der Waals surface area (Å²) in [5.41, 5.74) is 3.22. The van der Waals surface area contributed by atoms with Crippen LogP contribution in [0.1, 0.15) is 47.5 Å². The number of aromatic amines is 1. The minimum atomic E-state index is -0.158. The van der Waals surface area contributed by atoms with Gasteiger partial charge in [-0.3, -0.25) is 9.59 Å². The molecule has 0 aliphatic heterocycles. The molecule has 0 atom stereocenters. The number of aromatic nitrogens is 3. The number of fused-ring (bicyclic) bond motifs is 1. The maximum atomic E-state index is 12.9. The van der Waals surface area contributed by atoms with Crippen LogP contribution < -0.4 is 5.56 Å². The molecule has 0 saturated carbocycles. The van der Waals surface area contributed by atoms with E-state index in [0.29, 0.717) is 27.6 Å². The van der Waals surface area contributed by atoms with E-state index < -0.39 is 0 Å². The van der Waals surface area contributed by atoms with E-state index >= 15 is 0 Å². The van der Waals surface area contributed by atoms with E-state index in [1.165, 1.54) is 11.3 Å². The van der Waals surface area contributed by atoms with Gasteiger partial charge in [-0.25, -0.2) is 4.98 Å². The number of nitrogens with one attached hydrogen (secondary N) is 1. The largest absolute Gasteiger partial charge is 0.346 e. The molecule has 0 radical (unpaired) electrons. The van der Waals surface area contributed by atoms with Crippen LogP contribution in [0.25, 0.3) is 10.2 Å². The van der Waals surface area contributed by atoms with E-state index in [2.05, 4.69) is 28.4 Å². The van der Waals surface area contributed by atoms with Crippen molar-refractivity contribution in [3.8, 4) is 0 Å². The van der Waals surface area contributed by atoms with Crippen molar-refractivity contribution in [3.63, 3.8) is 0 Å². The smallest absolute Gasteiger partial charge is 0.268 e. The maximum absolute atomic E-state index is 12.9. The normalized spacial score (nSPS) is 11.4. The highest BCUT2D eigenvalue weighted by Gasteiger charge is 2.21. The van der Waals surface area contributed by atoms with Crippen molar-refractivity contribution in [3.05, 3.63) is 50.6 Å². The molecule has 1 N–H and O–H groups in total. The van der Waals surface area contributed by atoms with Gasteiger partial charge >= 0.3 is 0 Å². The number of nitrogens with zero attached hydrogens (tertiary/aromatic N) is 3. The molecule has 3 heterocycles. The lowest BCUT2D eigenvalue weighted by Crippen LogP contribution is -2.28. The Morgan fingerprint density at radius 3 is 2.76 bits per heavy atom. The van der Waals surface area contributed by atoms with Gasteiger partial charge in [-0.05, 0) is 45.2 Å². The van der Waals surface area contributed by atoms with Crippen LogP contribution in [0, 0.1) is 13.8 Å². The summed E-state index contributed by atoms with van der Waals surface area (Å²) in [5.74, 6) is 0.414. The Hall–Kier alpha value is -2.41. The summed E-state index contributed by atoms with van der Waals surface area (Å²) in [6, 6.07) is 4.04. The second-order valence-electron chi connectivity index (χ2n) is 6.56. The van der Waals surface area contributed by atoms with E-state index in [1.807, 2.05) is 31.4 Å². The monoisotopic (exact) mass is 358 g/mol. The third-order valence-electron chi connectivity index (χ3n) is 4.33. The van der Waals surface area contributed by atoms with Crippen molar-refractivity contribution < 1.29 is 4.79 Å². The summed E-state index contributed by atoms with van der Waals surface area (Å²) in [7, 11) is 1.72. The Morgan fingerprint density at radius 2 is 2.12 bits per heavy atom. The highest BCUT2D eigenvalue weighted by molar-refractivity contribution is 7.17. The zero-order valence-electron chi connectivity index (χ0n) is 15.1. The van der Waals surface area contributed by atoms with E-state index in [1.54, 1.807) is 11.9 Å². The second kappa shape index (κ2) is 6.48. The first-order valence-corrected chi connectivity index (χ1v) is 9.08. The Kier molecular flexibility index (Phi) is 4.51. The minimum Gasteiger partial charge on any atom is -0.346 e. The van der Waals surface area contributed by atoms with Crippen molar-refractivity contribution in [1.29, 1.82) is 0 Å². The van der Waals surface area contributed by atoms with Crippen molar-refractivity contribution in [2.45, 2.75) is 40.3 Å². The molecule has 1 amide bonds. The first-order chi connectivity index (χ1) is 11.8. The third kappa shape index (κ3) is 3.11. The SMILES string of the molecule is Cc1cc(C(=O)N(C)Cc2nc3ccsc3c(=O)[nH]2)c(C)n1C(C)C. The van der Waals surface area contributed by atoms with Crippen molar-refractivity contribution in [1.82, 2.24) is 19.4 Å². The summed E-state index contributed by atoms with van der Waals surface area (Å²) in [6.07, 6.45) is 0. The van der Waals surface area contributed by atoms with Crippen LogP contribution in [0.3, 0.4) is 0 Å². The number of hydrogen-bond donors (Lipinski definition) is 1. The van der Waals surface area contributed by atoms with Gasteiger partial charge < -0.3 is 14.5 Å². The van der Waals surface area contributed by atoms with Crippen LogP contribution in [0.4, 0.5) is 0 Å². The highest BCUT2D eigenvalue weighted by Crippen LogP contribution is 2.21. The molecule has 0 aromatic carbocycles. The summed E-state index contributed by atoms with van der Waals surface area (Å²) in [6.45, 7) is 8.43. The molecule has 3 rings (SSSR count). The topological polar surface area (TPSA) is 71.0 Å². The minimum absolute atomic E-state index is 0.0759. The van der Waals surface area contributed by atoms with Crippen LogP contribution in [0.2, 0.25) is 0 Å². The summed E-state index contributed by atoms with van der Waals surface area (Å²) in [5, 5.41) is 1.84. The average Bonchev–Trinajstić information content (AvgIpc) is 3.11. The molecule has 0 unspecified atom stereocenters. The van der Waals surface area contributed by atoms with Crippen LogP contribution in [0.15, 0.2) is 22.3 Å². The van der Waals surface area contributed by atoms with Gasteiger partial charge in [0.15, 0.2) is 0 Å². The Balaban J connectivity index is 1.87. The van der Waals surface area contributed by atoms with E-state index in [4.69, 9.17) is 0 Å². The van der Waals surface area contributed by atoms with E-state index in [-0.39, 0.29) is 18.0 Å². The quantitative estimate of drug-likeness (QED) is 0.778. The highest BCUT2D eigenvalue weighted by atomic mass is 32.1. The molecule has 3 aromatic heterocycles. The zero-order valence-corrected chi connectivity index (χ0v) is 15.9. The standard InChI is InChI=1S/C18H22N4O2S/c1-10(2)22-11(3)8-13(12(22)4)18(24)21(5)9-15-19-14-6-7-25-16(14)17(23)20-15/h6-8,10H,9H2,1-5H3,(H,19,20,23). The Labute approximate surface area is 150 Å². The molecular weight excluding hydrogens is 336 g/mol. The van der Waals surface area contributed by atoms with E-state index in [9.17, 15) is 9.59 Å². The molecule has 0 aliphatic rings. The summed E-state index contributed by atoms with van der Waals surface area (Å²) >= 11 is 1.36. The molecule has 0 bridgehead atoms. The lowest BCUT2D eigenvalue weighted by molar-refractivity contribution is 0.0780. The number of carbonyl (C=O) groups is 1. The fraction of sp³-hybridized carbons (Fsp3) is 0.389. The molecule has 0 saturated heterocycles. The lowest BCUT2D eigenvalue weighted by Gasteiger charge is -2.18. The third-order valence-corrected chi connectivity index (χ3v) is 5.23. The number of amides is 1. The maximum Gasteiger partial charge on any atom is 0.268 e. The first kappa shape index (κ1) is 17.4. The Morgan fingerprint density at radius 1 is 1.40 bits per heavy atom. The fourth-order valence-corrected chi connectivity index (χ4v) is 4.01. The first-order valence-electron chi connectivity index (χ1n) is 8.20. The van der Waals surface area contributed by atoms with Gasteiger partial charge in [0.2, 0.25) is 0 Å². The number of hydrogen-bond acceptors (Lipinski definition) is 4. The number of carbonyl (C=O) groups excluding carboxylic acids is 1. The molecule has 132 valence electrons. The number of H-pyrrole nitrogens is 1. The van der Waals surface area contributed by atoms with Crippen LogP contribution >= 0.6 is 11.3 Å². The number of aryl methyl sites for hydroxylation is 1. The van der Waals surface area contributed by atoms with Crippen LogP contribution in [-0.2, 0) is 6.54 Å². The molecular formula is C18H22N4O2S. The average molecular weight is 358 g/mol. The lowest BCUT2D eigenvalue weighted by atomic mass is 10.2. The van der Waals surface area contributed by atoms with Crippen LogP contribution in [0.5, 0.6) is 0 Å². The Bertz CT molecular complexity index is 996. The van der Waals surface area contributed by atoms with Gasteiger partial charge in [-0.2, -0.15) is 0 Å². The number of thiophene rings is 1. The van der Waals surface area contributed by atoms with Crippen molar-refractivity contribution in [2.24, 2.45) is 0 Å². The van der Waals surface area contributed by atoms with Gasteiger partial charge in [-0.15, -0.1) is 11.3 Å². The van der Waals surface area contributed by atoms with Gasteiger partial charge in [0.05, 0.1) is 17.6 Å². The summed E-state index contributed by atoms with van der Waals surface area (Å²) in [4.78, 5) is 33.7. The van der Waals surface area contributed by atoms with Crippen LogP contribution in [-0.4, -0.2) is 32.4 Å².